The average molecular weight is 237 g/mol. The first-order valence-corrected chi connectivity index (χ1v) is 7.08. The summed E-state index contributed by atoms with van der Waals surface area (Å²) in [6, 6.07) is 0. The minimum atomic E-state index is -0.639. The molecule has 0 aromatic rings. The first-order chi connectivity index (χ1) is 3.15. The summed E-state index contributed by atoms with van der Waals surface area (Å²) >= 11 is 2.74. The second-order valence-electron chi connectivity index (χ2n) is 0.406. The third kappa shape index (κ3) is 189. The van der Waals surface area contributed by atoms with Crippen LogP contribution in [0.2, 0.25) is 0 Å². The summed E-state index contributed by atoms with van der Waals surface area (Å²) in [5, 5.41) is -0.639. The zero-order valence-corrected chi connectivity index (χ0v) is 7.69. The van der Waals surface area contributed by atoms with Crippen molar-refractivity contribution in [1.82, 2.24) is 0 Å². The predicted molar refractivity (Wildman–Crippen MR) is 33.8 cm³/mol. The molecule has 2 N–H and O–H groups in total. The summed E-state index contributed by atoms with van der Waals surface area (Å²) in [7, 11) is 8.68. The van der Waals surface area contributed by atoms with Gasteiger partial charge in [0.25, 0.3) is 5.24 Å². The van der Waals surface area contributed by atoms with Gasteiger partial charge in [0.15, 0.2) is 0 Å². The first-order valence-electron chi connectivity index (χ1n) is 1.05. The van der Waals surface area contributed by atoms with Gasteiger partial charge in [0.2, 0.25) is 0 Å². The average Bonchev–Trinajstić information content (AvgIpc) is 1.33. The van der Waals surface area contributed by atoms with E-state index in [1.54, 1.807) is 0 Å². The van der Waals surface area contributed by atoms with Crippen LogP contribution in [-0.2, 0) is 14.9 Å². The van der Waals surface area contributed by atoms with Gasteiger partial charge in [0.05, 0.1) is 0 Å². The van der Waals surface area contributed by atoms with Gasteiger partial charge in [-0.15, -0.1) is 0 Å². The van der Waals surface area contributed by atoms with Crippen LogP contribution in [0.5, 0.6) is 0 Å². The van der Waals surface area contributed by atoms with Gasteiger partial charge in [-0.2, -0.15) is 0 Å². The van der Waals surface area contributed by atoms with Crippen LogP contribution in [0.3, 0.4) is 0 Å². The maximum atomic E-state index is 9.09. The van der Waals surface area contributed by atoms with E-state index in [1.807, 2.05) is 0 Å². The Morgan fingerprint density at radius 3 is 1.71 bits per heavy atom. The van der Waals surface area contributed by atoms with Gasteiger partial charge in [0, 0.05) is 0 Å². The molecule has 0 atom stereocenters. The summed E-state index contributed by atoms with van der Waals surface area (Å²) in [6.45, 7) is 0. The van der Waals surface area contributed by atoms with Crippen LogP contribution in [0.25, 0.3) is 0 Å². The molecule has 0 aliphatic heterocycles. The van der Waals surface area contributed by atoms with Gasteiger partial charge in [0.1, 0.15) is 0 Å². The fourth-order valence-corrected chi connectivity index (χ4v) is 0. The molecule has 0 aliphatic carbocycles. The molecule has 0 saturated heterocycles. The molecule has 0 spiro atoms. The maximum absolute atomic E-state index is 9.09. The van der Waals surface area contributed by atoms with Crippen molar-refractivity contribution >= 4 is 37.5 Å². The van der Waals surface area contributed by atoms with Crippen molar-refractivity contribution in [3.8, 4) is 0 Å². The fraction of sp³-hybridized carbons (Fsp3) is 0. The van der Waals surface area contributed by atoms with Crippen molar-refractivity contribution in [2.24, 2.45) is 5.73 Å². The molecule has 6 heteroatoms. The molecule has 0 radical (unpaired) electrons. The molecule has 0 aliphatic rings. The van der Waals surface area contributed by atoms with Crippen molar-refractivity contribution in [3.63, 3.8) is 0 Å². The number of hydrogen-bond donors (Lipinski definition) is 2. The van der Waals surface area contributed by atoms with Crippen molar-refractivity contribution in [2.75, 3.05) is 0 Å². The molecule has 1 amide bonds. The number of rotatable bonds is 0. The predicted octanol–water partition coefficient (Wildman–Crippen LogP) is 1.29. The summed E-state index contributed by atoms with van der Waals surface area (Å²) in [5.74, 6) is 0. The molecule has 0 fully saturated rings. The summed E-state index contributed by atoms with van der Waals surface area (Å²) in [6.07, 6.45) is 0. The number of carbonyl (C=O) groups is 1. The van der Waals surface area contributed by atoms with E-state index in [0.29, 0.717) is 0 Å². The molecular formula is CH3MoNOS3. The van der Waals surface area contributed by atoms with E-state index >= 15 is 0 Å². The normalized spacial score (nSPS) is 5.29. The van der Waals surface area contributed by atoms with E-state index in [9.17, 15) is 0 Å². The van der Waals surface area contributed by atoms with Crippen molar-refractivity contribution in [2.45, 2.75) is 0 Å². The van der Waals surface area contributed by atoms with Crippen molar-refractivity contribution in [1.29, 1.82) is 0 Å². The standard InChI is InChI=1S/CH3NOS.Mo.2S/c2-1(3)4;;;/h(H3,2,3,4);;;. The van der Waals surface area contributed by atoms with E-state index in [2.05, 4.69) is 38.0 Å². The summed E-state index contributed by atoms with van der Waals surface area (Å²) in [4.78, 5) is 9.09. The van der Waals surface area contributed by atoms with Crippen LogP contribution in [0.4, 0.5) is 4.79 Å². The van der Waals surface area contributed by atoms with Crippen molar-refractivity contribution in [3.05, 3.63) is 0 Å². The monoisotopic (exact) mass is 239 g/mol. The van der Waals surface area contributed by atoms with Crippen LogP contribution in [0, 0.1) is 0 Å². The molecular weight excluding hydrogens is 234 g/mol. The molecule has 0 aromatic carbocycles. The number of nitrogens with two attached hydrogens (primary N) is 1. The Morgan fingerprint density at radius 1 is 1.71 bits per heavy atom. The molecule has 0 rings (SSSR count). The number of primary amides is 1. The molecule has 42 valence electrons. The van der Waals surface area contributed by atoms with E-state index in [0.717, 1.165) is 0 Å². The number of amides is 1. The fourth-order valence-electron chi connectivity index (χ4n) is 0. The Balaban J connectivity index is 0. The van der Waals surface area contributed by atoms with E-state index in [4.69, 9.17) is 4.79 Å². The Bertz CT molecular complexity index is 82.9. The third-order valence-corrected chi connectivity index (χ3v) is 0. The third-order valence-electron chi connectivity index (χ3n) is 0. The molecule has 0 saturated carbocycles. The van der Waals surface area contributed by atoms with Crippen LogP contribution in [0.15, 0.2) is 0 Å². The zero-order valence-electron chi connectivity index (χ0n) is 3.16. The summed E-state index contributed by atoms with van der Waals surface area (Å²) < 4.78 is 0. The second-order valence-corrected chi connectivity index (χ2v) is 4.40. The Labute approximate surface area is 62.7 Å². The second kappa shape index (κ2) is 10.0. The molecule has 7 heavy (non-hydrogen) atoms. The van der Waals surface area contributed by atoms with E-state index < -0.39 is 5.24 Å². The molecule has 2 nitrogen and oxygen atoms in total. The number of thiol groups is 1. The van der Waals surface area contributed by atoms with Crippen molar-refractivity contribution < 1.29 is 19.7 Å². The quantitative estimate of drug-likeness (QED) is 0.493. The number of carbonyl (C=O) groups excluding carboxylic acids is 1. The van der Waals surface area contributed by atoms with Gasteiger partial charge >= 0.3 is 34.6 Å². The SMILES string of the molecule is NC(=O)S.[S]=[Mo]=[S]. The Morgan fingerprint density at radius 2 is 1.71 bits per heavy atom. The molecule has 0 aromatic heterocycles. The van der Waals surface area contributed by atoms with Crippen LogP contribution in [-0.4, -0.2) is 5.24 Å². The van der Waals surface area contributed by atoms with Gasteiger partial charge in [-0.1, -0.05) is 12.6 Å². The van der Waals surface area contributed by atoms with E-state index in [1.165, 1.54) is 0 Å². The van der Waals surface area contributed by atoms with Gasteiger partial charge in [-0.25, -0.2) is 0 Å². The van der Waals surface area contributed by atoms with Crippen LogP contribution < -0.4 is 5.73 Å². The molecule has 0 heterocycles. The van der Waals surface area contributed by atoms with Gasteiger partial charge < -0.3 is 5.73 Å². The zero-order chi connectivity index (χ0) is 6.28. The molecule has 0 unspecified atom stereocenters. The van der Waals surface area contributed by atoms with Crippen LogP contribution >= 0.6 is 32.3 Å². The molecule has 0 bridgehead atoms. The van der Waals surface area contributed by atoms with Gasteiger partial charge in [-0.3, -0.25) is 4.79 Å². The summed E-state index contributed by atoms with van der Waals surface area (Å²) in [5.41, 5.74) is 4.34. The Hall–Kier alpha value is 0.948. The Kier molecular flexibility index (Phi) is 15.6. The van der Waals surface area contributed by atoms with E-state index in [-0.39, 0.29) is 14.9 Å². The first kappa shape index (κ1) is 10.8. The number of hydrogen-bond acceptors (Lipinski definition) is 3. The van der Waals surface area contributed by atoms with Crippen LogP contribution in [0.1, 0.15) is 0 Å². The minimum absolute atomic E-state index is 0.363. The topological polar surface area (TPSA) is 43.1 Å². The van der Waals surface area contributed by atoms with Gasteiger partial charge in [-0.05, 0) is 0 Å².